The molecule has 5 nitrogen and oxygen atoms in total. The number of fused-ring (bicyclic) bond motifs is 3. The van der Waals surface area contributed by atoms with Crippen LogP contribution in [-0.4, -0.2) is 9.55 Å². The van der Waals surface area contributed by atoms with E-state index in [9.17, 15) is 9.65 Å². The molecule has 2 aromatic carbocycles. The van der Waals surface area contributed by atoms with E-state index >= 15 is 0 Å². The molecule has 0 spiro atoms. The molecule has 3 N–H and O–H groups in total. The fraction of sp³-hybridized carbons (Fsp3) is 0.0588. The van der Waals surface area contributed by atoms with E-state index < -0.39 is 11.9 Å². The van der Waals surface area contributed by atoms with Crippen LogP contribution in [0.2, 0.25) is 0 Å². The maximum absolute atomic E-state index is 14.2. The average Bonchev–Trinajstić information content (AvgIpc) is 2.93. The zero-order chi connectivity index (χ0) is 16.0. The number of hydrogen-bond donors (Lipinski definition) is 2. The van der Waals surface area contributed by atoms with Gasteiger partial charge in [0.1, 0.15) is 17.7 Å². The summed E-state index contributed by atoms with van der Waals surface area (Å²) in [5.74, 6) is 0.370. The molecule has 1 aromatic heterocycles. The van der Waals surface area contributed by atoms with Crippen molar-refractivity contribution in [3.8, 4) is 6.07 Å². The highest BCUT2D eigenvalue weighted by Crippen LogP contribution is 2.36. The Morgan fingerprint density at radius 2 is 1.91 bits per heavy atom. The van der Waals surface area contributed by atoms with Crippen LogP contribution in [0.5, 0.6) is 0 Å². The molecule has 0 fully saturated rings. The molecule has 1 aliphatic heterocycles. The minimum atomic E-state index is -0.662. The first-order valence-electron chi connectivity index (χ1n) is 7.09. The first-order valence-corrected chi connectivity index (χ1v) is 7.09. The van der Waals surface area contributed by atoms with Crippen LogP contribution in [0.25, 0.3) is 16.9 Å². The topological polar surface area (TPSA) is 79.7 Å². The normalized spacial score (nSPS) is 16.8. The van der Waals surface area contributed by atoms with E-state index in [0.29, 0.717) is 11.5 Å². The van der Waals surface area contributed by atoms with E-state index in [1.807, 2.05) is 24.3 Å². The van der Waals surface area contributed by atoms with Crippen molar-refractivity contribution in [2.45, 2.75) is 6.04 Å². The van der Waals surface area contributed by atoms with Crippen LogP contribution >= 0.6 is 0 Å². The number of hydrogen-bond acceptors (Lipinski definition) is 4. The summed E-state index contributed by atoms with van der Waals surface area (Å²) in [6, 6.07) is 15.3. The average molecular weight is 305 g/mol. The Balaban J connectivity index is 1.97. The summed E-state index contributed by atoms with van der Waals surface area (Å²) < 4.78 is 15.8. The van der Waals surface area contributed by atoms with Crippen LogP contribution in [0.3, 0.4) is 0 Å². The van der Waals surface area contributed by atoms with Crippen LogP contribution < -0.4 is 11.1 Å². The fourth-order valence-corrected chi connectivity index (χ4v) is 2.90. The summed E-state index contributed by atoms with van der Waals surface area (Å²) >= 11 is 0. The molecule has 0 bridgehead atoms. The van der Waals surface area contributed by atoms with Crippen molar-refractivity contribution >= 4 is 22.8 Å². The molecular weight excluding hydrogens is 293 g/mol. The Morgan fingerprint density at radius 3 is 2.70 bits per heavy atom. The van der Waals surface area contributed by atoms with E-state index in [4.69, 9.17) is 5.73 Å². The number of imidazole rings is 1. The molecule has 1 aliphatic rings. The monoisotopic (exact) mass is 305 g/mol. The lowest BCUT2D eigenvalue weighted by atomic mass is 9.97. The number of nitrogens with two attached hydrogens (primary N) is 1. The van der Waals surface area contributed by atoms with Crippen molar-refractivity contribution in [1.82, 2.24) is 9.55 Å². The second-order valence-electron chi connectivity index (χ2n) is 5.27. The molecule has 2 heterocycles. The van der Waals surface area contributed by atoms with Gasteiger partial charge in [-0.25, -0.2) is 9.37 Å². The molecule has 0 amide bonds. The Bertz CT molecular complexity index is 996. The third-order valence-electron chi connectivity index (χ3n) is 3.98. The molecule has 112 valence electrons. The second-order valence-corrected chi connectivity index (χ2v) is 5.27. The highest BCUT2D eigenvalue weighted by Gasteiger charge is 2.30. The maximum Gasteiger partial charge on any atom is 0.210 e. The Kier molecular flexibility index (Phi) is 2.81. The van der Waals surface area contributed by atoms with Crippen LogP contribution in [-0.2, 0) is 0 Å². The predicted octanol–water partition coefficient (Wildman–Crippen LogP) is 2.99. The standard InChI is InChI=1S/C17H12FN5/c18-12-6-2-1-5-10(12)15-11(9-19)16(20)23-14-8-4-3-7-13(14)21-17(23)22-15/h1-8,15H,20H2,(H,21,22)/t15-/m1/s1. The fourth-order valence-electron chi connectivity index (χ4n) is 2.90. The number of nitrogens with zero attached hydrogens (tertiary/aromatic N) is 3. The lowest BCUT2D eigenvalue weighted by Crippen LogP contribution is -2.26. The van der Waals surface area contributed by atoms with E-state index in [2.05, 4.69) is 16.4 Å². The summed E-state index contributed by atoms with van der Waals surface area (Å²) in [6.07, 6.45) is 0. The smallest absolute Gasteiger partial charge is 0.210 e. The quantitative estimate of drug-likeness (QED) is 0.724. The van der Waals surface area contributed by atoms with Crippen molar-refractivity contribution in [2.75, 3.05) is 5.32 Å². The summed E-state index contributed by atoms with van der Waals surface area (Å²) in [5, 5.41) is 12.7. The maximum atomic E-state index is 14.2. The van der Waals surface area contributed by atoms with Gasteiger partial charge in [0.25, 0.3) is 0 Å². The van der Waals surface area contributed by atoms with E-state index in [-0.39, 0.29) is 11.4 Å². The molecule has 0 saturated heterocycles. The molecule has 3 aromatic rings. The van der Waals surface area contributed by atoms with Crippen molar-refractivity contribution in [2.24, 2.45) is 5.73 Å². The number of para-hydroxylation sites is 2. The third-order valence-corrected chi connectivity index (χ3v) is 3.98. The highest BCUT2D eigenvalue weighted by atomic mass is 19.1. The molecule has 23 heavy (non-hydrogen) atoms. The molecule has 0 saturated carbocycles. The summed E-state index contributed by atoms with van der Waals surface area (Å²) in [6.45, 7) is 0. The van der Waals surface area contributed by atoms with Gasteiger partial charge >= 0.3 is 0 Å². The molecule has 0 aliphatic carbocycles. The van der Waals surface area contributed by atoms with Crippen LogP contribution in [0.4, 0.5) is 10.3 Å². The van der Waals surface area contributed by atoms with Gasteiger partial charge < -0.3 is 11.1 Å². The largest absolute Gasteiger partial charge is 0.384 e. The van der Waals surface area contributed by atoms with Gasteiger partial charge in [-0.3, -0.25) is 4.57 Å². The number of anilines is 1. The Labute approximate surface area is 131 Å². The Morgan fingerprint density at radius 1 is 1.17 bits per heavy atom. The van der Waals surface area contributed by atoms with Gasteiger partial charge in [0.15, 0.2) is 0 Å². The number of nitrogens with one attached hydrogen (secondary N) is 1. The van der Waals surface area contributed by atoms with Crippen molar-refractivity contribution in [3.05, 3.63) is 65.5 Å². The molecule has 6 heteroatoms. The van der Waals surface area contributed by atoms with Crippen LogP contribution in [0.15, 0.2) is 54.1 Å². The zero-order valence-electron chi connectivity index (χ0n) is 12.0. The highest BCUT2D eigenvalue weighted by molar-refractivity contribution is 5.85. The summed E-state index contributed by atoms with van der Waals surface area (Å²) in [4.78, 5) is 4.48. The number of benzene rings is 2. The van der Waals surface area contributed by atoms with Crippen LogP contribution in [0, 0.1) is 17.1 Å². The predicted molar refractivity (Wildman–Crippen MR) is 85.5 cm³/mol. The van der Waals surface area contributed by atoms with Gasteiger partial charge in [0.2, 0.25) is 5.95 Å². The van der Waals surface area contributed by atoms with E-state index in [1.54, 1.807) is 22.8 Å². The van der Waals surface area contributed by atoms with Gasteiger partial charge in [-0.05, 0) is 18.2 Å². The first-order chi connectivity index (χ1) is 11.2. The van der Waals surface area contributed by atoms with Crippen molar-refractivity contribution in [3.63, 3.8) is 0 Å². The van der Waals surface area contributed by atoms with Crippen molar-refractivity contribution < 1.29 is 4.39 Å². The van der Waals surface area contributed by atoms with Crippen molar-refractivity contribution in [1.29, 1.82) is 5.26 Å². The molecule has 4 rings (SSSR count). The Hall–Kier alpha value is -3.33. The second kappa shape index (κ2) is 4.85. The molecule has 1 atom stereocenters. The number of rotatable bonds is 1. The van der Waals surface area contributed by atoms with Crippen LogP contribution in [0.1, 0.15) is 11.6 Å². The van der Waals surface area contributed by atoms with Gasteiger partial charge in [-0.15, -0.1) is 0 Å². The number of aromatic nitrogens is 2. The van der Waals surface area contributed by atoms with E-state index in [1.165, 1.54) is 6.07 Å². The minimum Gasteiger partial charge on any atom is -0.384 e. The van der Waals surface area contributed by atoms with Gasteiger partial charge in [0.05, 0.1) is 22.6 Å². The number of halogens is 1. The summed E-state index contributed by atoms with van der Waals surface area (Å²) in [5.41, 5.74) is 8.39. The lowest BCUT2D eigenvalue weighted by Gasteiger charge is -2.26. The first kappa shape index (κ1) is 13.3. The SMILES string of the molecule is N#CC1=C(N)n2c(nc3ccccc32)N[C@@H]1c1ccccc1F. The van der Waals surface area contributed by atoms with Gasteiger partial charge in [-0.1, -0.05) is 30.3 Å². The zero-order valence-corrected chi connectivity index (χ0v) is 12.0. The van der Waals surface area contributed by atoms with Gasteiger partial charge in [0, 0.05) is 5.56 Å². The third kappa shape index (κ3) is 1.87. The molecule has 0 unspecified atom stereocenters. The summed E-state index contributed by atoms with van der Waals surface area (Å²) in [7, 11) is 0. The van der Waals surface area contributed by atoms with Gasteiger partial charge in [-0.2, -0.15) is 5.26 Å². The molecular formula is C17H12FN5. The van der Waals surface area contributed by atoms with E-state index in [0.717, 1.165) is 11.0 Å². The lowest BCUT2D eigenvalue weighted by molar-refractivity contribution is 0.603. The minimum absolute atomic E-state index is 0.267. The molecule has 0 radical (unpaired) electrons. The number of nitriles is 1.